The molecule has 2 saturated carbocycles. The number of hydrogen-bond donors (Lipinski definition) is 3. The van der Waals surface area contributed by atoms with Gasteiger partial charge in [0.05, 0.1) is 12.0 Å². The Morgan fingerprint density at radius 2 is 1.85 bits per heavy atom. The van der Waals surface area contributed by atoms with E-state index in [9.17, 15) is 9.59 Å². The van der Waals surface area contributed by atoms with Gasteiger partial charge in [0.15, 0.2) is 0 Å². The van der Waals surface area contributed by atoms with E-state index in [1.54, 1.807) is 0 Å². The minimum absolute atomic E-state index is 0.0291. The van der Waals surface area contributed by atoms with Crippen molar-refractivity contribution < 1.29 is 14.7 Å². The highest BCUT2D eigenvalue weighted by Gasteiger charge is 2.40. The van der Waals surface area contributed by atoms with Crippen LogP contribution < -0.4 is 10.6 Å². The second kappa shape index (κ2) is 6.46. The summed E-state index contributed by atoms with van der Waals surface area (Å²) in [5.41, 5.74) is -0.503. The molecule has 2 aliphatic rings. The van der Waals surface area contributed by atoms with Gasteiger partial charge in [0.2, 0.25) is 0 Å². The van der Waals surface area contributed by atoms with E-state index in [-0.39, 0.29) is 12.5 Å². The van der Waals surface area contributed by atoms with E-state index in [1.807, 2.05) is 0 Å². The molecule has 2 rings (SSSR count). The average molecular weight is 282 g/mol. The Bertz CT molecular complexity index is 358. The summed E-state index contributed by atoms with van der Waals surface area (Å²) in [4.78, 5) is 22.8. The molecule has 0 spiro atoms. The van der Waals surface area contributed by atoms with E-state index in [2.05, 4.69) is 17.6 Å². The summed E-state index contributed by atoms with van der Waals surface area (Å²) < 4.78 is 0. The van der Waals surface area contributed by atoms with Crippen LogP contribution in [0.3, 0.4) is 0 Å². The minimum atomic E-state index is -0.841. The van der Waals surface area contributed by atoms with E-state index >= 15 is 0 Å². The van der Waals surface area contributed by atoms with Gasteiger partial charge < -0.3 is 15.7 Å². The highest BCUT2D eigenvalue weighted by molar-refractivity contribution is 5.77. The molecule has 0 atom stereocenters. The Balaban J connectivity index is 1.70. The van der Waals surface area contributed by atoms with Crippen LogP contribution in [-0.4, -0.2) is 29.2 Å². The molecule has 5 nitrogen and oxygen atoms in total. The van der Waals surface area contributed by atoms with Gasteiger partial charge in [-0.05, 0) is 43.9 Å². The first-order chi connectivity index (χ1) is 9.49. The van der Waals surface area contributed by atoms with E-state index in [0.717, 1.165) is 25.2 Å². The number of nitrogens with one attached hydrogen (secondary N) is 2. The fourth-order valence-corrected chi connectivity index (χ4v) is 3.29. The van der Waals surface area contributed by atoms with Gasteiger partial charge in [0.1, 0.15) is 0 Å². The lowest BCUT2D eigenvalue weighted by Crippen LogP contribution is -2.57. The molecule has 0 radical (unpaired) electrons. The van der Waals surface area contributed by atoms with Crippen LogP contribution in [0, 0.1) is 11.8 Å². The molecular formula is C15H26N2O3. The lowest BCUT2D eigenvalue weighted by Gasteiger charge is -2.41. The van der Waals surface area contributed by atoms with Crippen LogP contribution in [0.15, 0.2) is 0 Å². The lowest BCUT2D eigenvalue weighted by molar-refractivity contribution is -0.139. The van der Waals surface area contributed by atoms with Gasteiger partial charge in [0.25, 0.3) is 0 Å². The predicted octanol–water partition coefficient (Wildman–Crippen LogP) is 2.51. The highest BCUT2D eigenvalue weighted by Crippen LogP contribution is 2.34. The zero-order valence-electron chi connectivity index (χ0n) is 12.3. The van der Waals surface area contributed by atoms with Crippen LogP contribution in [0.1, 0.15) is 58.3 Å². The van der Waals surface area contributed by atoms with Gasteiger partial charge in [-0.1, -0.05) is 19.8 Å². The van der Waals surface area contributed by atoms with Gasteiger partial charge in [-0.3, -0.25) is 4.79 Å². The first-order valence-electron chi connectivity index (χ1n) is 7.77. The predicted molar refractivity (Wildman–Crippen MR) is 76.5 cm³/mol. The quantitative estimate of drug-likeness (QED) is 0.725. The fraction of sp³-hybridized carbons (Fsp3) is 0.867. The zero-order chi connectivity index (χ0) is 14.6. The number of amides is 2. The summed E-state index contributed by atoms with van der Waals surface area (Å²) in [5.74, 6) is 0.550. The molecule has 0 saturated heterocycles. The van der Waals surface area contributed by atoms with E-state index in [4.69, 9.17) is 5.11 Å². The molecule has 3 N–H and O–H groups in total. The summed E-state index contributed by atoms with van der Waals surface area (Å²) >= 11 is 0. The molecule has 0 aromatic carbocycles. The molecule has 0 aliphatic heterocycles. The standard InChI is InChI=1S/C15H26N2O3/c1-11-3-5-12(6-4-11)10-16-14(20)17-15(7-2-8-15)9-13(18)19/h11-12H,2-10H2,1H3,(H,18,19)(H2,16,17,20). The van der Waals surface area contributed by atoms with Crippen LogP contribution in [0.4, 0.5) is 4.79 Å². The van der Waals surface area contributed by atoms with E-state index < -0.39 is 11.5 Å². The monoisotopic (exact) mass is 282 g/mol. The summed E-state index contributed by atoms with van der Waals surface area (Å²) in [5, 5.41) is 14.7. The average Bonchev–Trinajstić information content (AvgIpc) is 2.35. The number of carboxylic acid groups (broad SMARTS) is 1. The lowest BCUT2D eigenvalue weighted by atomic mass is 9.74. The number of carbonyl (C=O) groups excluding carboxylic acids is 1. The van der Waals surface area contributed by atoms with Crippen molar-refractivity contribution in [1.29, 1.82) is 0 Å². The Labute approximate surface area is 120 Å². The van der Waals surface area contributed by atoms with Crippen molar-refractivity contribution in [2.45, 2.75) is 63.8 Å². The number of hydrogen-bond acceptors (Lipinski definition) is 2. The van der Waals surface area contributed by atoms with Crippen molar-refractivity contribution in [3.63, 3.8) is 0 Å². The Hall–Kier alpha value is -1.26. The Kier molecular flexibility index (Phi) is 4.89. The van der Waals surface area contributed by atoms with Gasteiger partial charge in [-0.2, -0.15) is 0 Å². The maximum Gasteiger partial charge on any atom is 0.315 e. The second-order valence-corrected chi connectivity index (χ2v) is 6.67. The van der Waals surface area contributed by atoms with Gasteiger partial charge in [0, 0.05) is 6.54 Å². The zero-order valence-corrected chi connectivity index (χ0v) is 12.3. The van der Waals surface area contributed by atoms with Crippen LogP contribution in [0.5, 0.6) is 0 Å². The molecule has 5 heteroatoms. The largest absolute Gasteiger partial charge is 0.481 e. The molecule has 2 fully saturated rings. The third-order valence-corrected chi connectivity index (χ3v) is 4.87. The third-order valence-electron chi connectivity index (χ3n) is 4.87. The number of aliphatic carboxylic acids is 1. The van der Waals surface area contributed by atoms with Gasteiger partial charge in [-0.15, -0.1) is 0 Å². The normalized spacial score (nSPS) is 28.2. The number of carbonyl (C=O) groups is 2. The SMILES string of the molecule is CC1CCC(CNC(=O)NC2(CC(=O)O)CCC2)CC1. The third kappa shape index (κ3) is 4.12. The molecule has 20 heavy (non-hydrogen) atoms. The van der Waals surface area contributed by atoms with Crippen LogP contribution >= 0.6 is 0 Å². The first-order valence-corrected chi connectivity index (χ1v) is 7.77. The summed E-state index contributed by atoms with van der Waals surface area (Å²) in [7, 11) is 0. The van der Waals surface area contributed by atoms with Crippen LogP contribution in [0.2, 0.25) is 0 Å². The van der Waals surface area contributed by atoms with Crippen LogP contribution in [0.25, 0.3) is 0 Å². The second-order valence-electron chi connectivity index (χ2n) is 6.67. The van der Waals surface area contributed by atoms with E-state index in [0.29, 0.717) is 12.5 Å². The maximum atomic E-state index is 11.9. The van der Waals surface area contributed by atoms with Gasteiger partial charge in [-0.25, -0.2) is 4.79 Å². The molecule has 0 aromatic heterocycles. The Morgan fingerprint density at radius 3 is 2.35 bits per heavy atom. The fourth-order valence-electron chi connectivity index (χ4n) is 3.29. The maximum absolute atomic E-state index is 11.9. The van der Waals surface area contributed by atoms with Gasteiger partial charge >= 0.3 is 12.0 Å². The summed E-state index contributed by atoms with van der Waals surface area (Å²) in [6.45, 7) is 2.99. The molecule has 2 aliphatic carbocycles. The molecule has 114 valence electrons. The smallest absolute Gasteiger partial charge is 0.315 e. The van der Waals surface area contributed by atoms with Crippen molar-refractivity contribution in [3.8, 4) is 0 Å². The molecular weight excluding hydrogens is 256 g/mol. The first kappa shape index (κ1) is 15.1. The van der Waals surface area contributed by atoms with Crippen molar-refractivity contribution in [3.05, 3.63) is 0 Å². The minimum Gasteiger partial charge on any atom is -0.481 e. The highest BCUT2D eigenvalue weighted by atomic mass is 16.4. The topological polar surface area (TPSA) is 78.4 Å². The van der Waals surface area contributed by atoms with Crippen molar-refractivity contribution in [2.24, 2.45) is 11.8 Å². The molecule has 2 amide bonds. The molecule has 0 heterocycles. The molecule has 0 unspecified atom stereocenters. The van der Waals surface area contributed by atoms with Crippen LogP contribution in [-0.2, 0) is 4.79 Å². The summed E-state index contributed by atoms with van der Waals surface area (Å²) in [6.07, 6.45) is 7.42. The number of urea groups is 1. The van der Waals surface area contributed by atoms with E-state index in [1.165, 1.54) is 25.7 Å². The molecule has 0 aromatic rings. The summed E-state index contributed by atoms with van der Waals surface area (Å²) in [6, 6.07) is -0.204. The van der Waals surface area contributed by atoms with Crippen molar-refractivity contribution >= 4 is 12.0 Å². The van der Waals surface area contributed by atoms with Crippen molar-refractivity contribution in [1.82, 2.24) is 10.6 Å². The molecule has 0 bridgehead atoms. The Morgan fingerprint density at radius 1 is 1.20 bits per heavy atom. The number of carboxylic acids is 1. The number of rotatable bonds is 5. The van der Waals surface area contributed by atoms with Crippen molar-refractivity contribution in [2.75, 3.05) is 6.54 Å².